The lowest BCUT2D eigenvalue weighted by molar-refractivity contribution is 0.486. The second-order valence-electron chi connectivity index (χ2n) is 7.27. The minimum absolute atomic E-state index is 0. The first-order chi connectivity index (χ1) is 13.8. The second-order valence-corrected chi connectivity index (χ2v) is 10.1. The highest BCUT2D eigenvalue weighted by Gasteiger charge is 2.13. The van der Waals surface area contributed by atoms with E-state index in [0.29, 0.717) is 6.54 Å². The maximum Gasteiger partial charge on any atom is 0.216 e. The molecule has 0 atom stereocenters. The molecule has 9 heteroatoms. The van der Waals surface area contributed by atoms with E-state index in [9.17, 15) is 8.42 Å². The maximum absolute atomic E-state index is 12.1. The molecule has 1 heterocycles. The van der Waals surface area contributed by atoms with Gasteiger partial charge in [0.15, 0.2) is 5.96 Å². The van der Waals surface area contributed by atoms with E-state index in [0.717, 1.165) is 36.6 Å². The molecule has 2 N–H and O–H groups in total. The summed E-state index contributed by atoms with van der Waals surface area (Å²) >= 11 is 1.77. The second kappa shape index (κ2) is 13.3. The van der Waals surface area contributed by atoms with Crippen molar-refractivity contribution in [3.63, 3.8) is 0 Å². The van der Waals surface area contributed by atoms with E-state index in [-0.39, 0.29) is 35.8 Å². The Morgan fingerprint density at radius 1 is 1.17 bits per heavy atom. The molecule has 0 aliphatic carbocycles. The van der Waals surface area contributed by atoms with E-state index >= 15 is 0 Å². The molecule has 0 aliphatic heterocycles. The molecule has 0 unspecified atom stereocenters. The summed E-state index contributed by atoms with van der Waals surface area (Å²) in [7, 11) is -1.26. The Morgan fingerprint density at radius 2 is 1.83 bits per heavy atom. The van der Waals surface area contributed by atoms with Gasteiger partial charge in [-0.05, 0) is 49.8 Å². The molecular formula is C21H33IN4O2S2. The minimum atomic E-state index is -3.31. The van der Waals surface area contributed by atoms with E-state index < -0.39 is 10.0 Å². The molecule has 1 aromatic carbocycles. The largest absolute Gasteiger partial charge is 0.357 e. The predicted molar refractivity (Wildman–Crippen MR) is 138 cm³/mol. The lowest BCUT2D eigenvalue weighted by Gasteiger charge is -2.21. The Kier molecular flexibility index (Phi) is 11.9. The quantitative estimate of drug-likeness (QED) is 0.262. The summed E-state index contributed by atoms with van der Waals surface area (Å²) in [5.74, 6) is 0.861. The summed E-state index contributed by atoms with van der Waals surface area (Å²) in [6.07, 6.45) is 0.992. The van der Waals surface area contributed by atoms with Crippen LogP contribution in [0.4, 0.5) is 0 Å². The molecule has 0 saturated carbocycles. The summed E-state index contributed by atoms with van der Waals surface area (Å²) in [6, 6.07) is 11.7. The number of halogens is 1. The number of nitrogens with one attached hydrogen (secondary N) is 2. The van der Waals surface area contributed by atoms with Gasteiger partial charge in [-0.2, -0.15) is 0 Å². The third-order valence-corrected chi connectivity index (χ3v) is 6.66. The number of guanidine groups is 1. The number of nitrogens with zero attached hydrogens (tertiary/aromatic N) is 2. The van der Waals surface area contributed by atoms with Crippen LogP contribution < -0.4 is 10.0 Å². The van der Waals surface area contributed by atoms with Crippen molar-refractivity contribution in [1.82, 2.24) is 14.9 Å². The van der Waals surface area contributed by atoms with Gasteiger partial charge in [0.25, 0.3) is 0 Å². The van der Waals surface area contributed by atoms with Crippen molar-refractivity contribution in [2.45, 2.75) is 45.5 Å². The van der Waals surface area contributed by atoms with Crippen molar-refractivity contribution in [2.75, 3.05) is 20.1 Å². The van der Waals surface area contributed by atoms with Crippen molar-refractivity contribution in [2.24, 2.45) is 4.99 Å². The van der Waals surface area contributed by atoms with Crippen molar-refractivity contribution in [3.8, 4) is 0 Å². The molecule has 30 heavy (non-hydrogen) atoms. The third-order valence-electron chi connectivity index (χ3n) is 4.18. The molecule has 2 aromatic rings. The standard InChI is InChI=1S/C21H32N4O2S2.HI/c1-5-22-21(25(4)13-12-20-7-6-14-28-20)23-15-18-8-10-19(11-9-18)16-29(26,27)24-17(2)3;/h6-11,14,17,24H,5,12-13,15-16H2,1-4H3,(H,22,23);1H. The fourth-order valence-electron chi connectivity index (χ4n) is 2.84. The van der Waals surface area contributed by atoms with Crippen LogP contribution in [0.3, 0.4) is 0 Å². The topological polar surface area (TPSA) is 73.8 Å². The summed E-state index contributed by atoms with van der Waals surface area (Å²) in [5, 5.41) is 5.43. The van der Waals surface area contributed by atoms with Crippen LogP contribution in [0.25, 0.3) is 0 Å². The number of hydrogen-bond acceptors (Lipinski definition) is 4. The number of likely N-dealkylation sites (N-methyl/N-ethyl adjacent to an activating group) is 1. The number of benzene rings is 1. The van der Waals surface area contributed by atoms with E-state index in [1.165, 1.54) is 4.88 Å². The number of rotatable bonds is 10. The van der Waals surface area contributed by atoms with Crippen LogP contribution in [0.15, 0.2) is 46.8 Å². The van der Waals surface area contributed by atoms with Crippen LogP contribution >= 0.6 is 35.3 Å². The average molecular weight is 565 g/mol. The molecule has 0 aliphatic rings. The van der Waals surface area contributed by atoms with Gasteiger partial charge in [0.2, 0.25) is 10.0 Å². The minimum Gasteiger partial charge on any atom is -0.357 e. The number of sulfonamides is 1. The van der Waals surface area contributed by atoms with Crippen LogP contribution in [0.2, 0.25) is 0 Å². The maximum atomic E-state index is 12.1. The lowest BCUT2D eigenvalue weighted by Crippen LogP contribution is -2.39. The van der Waals surface area contributed by atoms with Gasteiger partial charge in [-0.25, -0.2) is 18.1 Å². The molecule has 0 radical (unpaired) electrons. The van der Waals surface area contributed by atoms with Crippen molar-refractivity contribution in [1.29, 1.82) is 0 Å². The first kappa shape index (κ1) is 26.9. The lowest BCUT2D eigenvalue weighted by atomic mass is 10.1. The Balaban J connectivity index is 0.00000450. The highest BCUT2D eigenvalue weighted by atomic mass is 127. The number of hydrogen-bond donors (Lipinski definition) is 2. The van der Waals surface area contributed by atoms with Gasteiger partial charge in [-0.3, -0.25) is 0 Å². The molecule has 2 rings (SSSR count). The summed E-state index contributed by atoms with van der Waals surface area (Å²) in [4.78, 5) is 8.24. The predicted octanol–water partition coefficient (Wildman–Crippen LogP) is 3.83. The Hall–Kier alpha value is -1.17. The van der Waals surface area contributed by atoms with Gasteiger partial charge >= 0.3 is 0 Å². The summed E-state index contributed by atoms with van der Waals surface area (Å²) in [6.45, 7) is 7.94. The molecule has 6 nitrogen and oxygen atoms in total. The molecule has 0 spiro atoms. The van der Waals surface area contributed by atoms with Crippen LogP contribution in [0.5, 0.6) is 0 Å². The van der Waals surface area contributed by atoms with Gasteiger partial charge in [0.1, 0.15) is 0 Å². The van der Waals surface area contributed by atoms with Crippen LogP contribution in [0, 0.1) is 0 Å². The molecule has 0 bridgehead atoms. The van der Waals surface area contributed by atoms with Crippen molar-refractivity contribution in [3.05, 3.63) is 57.8 Å². The molecule has 0 saturated heterocycles. The average Bonchev–Trinajstić information content (AvgIpc) is 3.16. The van der Waals surface area contributed by atoms with Gasteiger partial charge in [-0.15, -0.1) is 35.3 Å². The van der Waals surface area contributed by atoms with Crippen molar-refractivity contribution >= 4 is 51.3 Å². The van der Waals surface area contributed by atoms with E-state index in [1.54, 1.807) is 11.3 Å². The molecule has 168 valence electrons. The van der Waals surface area contributed by atoms with E-state index in [4.69, 9.17) is 4.99 Å². The summed E-state index contributed by atoms with van der Waals surface area (Å²) in [5.41, 5.74) is 1.82. The van der Waals surface area contributed by atoms with Gasteiger partial charge in [-0.1, -0.05) is 30.3 Å². The smallest absolute Gasteiger partial charge is 0.216 e. The normalized spacial score (nSPS) is 12.0. The third kappa shape index (κ3) is 9.76. The molecular weight excluding hydrogens is 531 g/mol. The van der Waals surface area contributed by atoms with Gasteiger partial charge < -0.3 is 10.2 Å². The van der Waals surface area contributed by atoms with Gasteiger partial charge in [0, 0.05) is 31.1 Å². The van der Waals surface area contributed by atoms with Crippen LogP contribution in [-0.4, -0.2) is 45.5 Å². The number of aliphatic imine (C=N–C) groups is 1. The zero-order chi connectivity index (χ0) is 21.3. The number of thiophene rings is 1. The Bertz CT molecular complexity index is 867. The monoisotopic (exact) mass is 564 g/mol. The Morgan fingerprint density at radius 3 is 2.40 bits per heavy atom. The zero-order valence-electron chi connectivity index (χ0n) is 18.1. The highest BCUT2D eigenvalue weighted by molar-refractivity contribution is 14.0. The Labute approximate surface area is 202 Å². The molecule has 1 aromatic heterocycles. The fraction of sp³-hybridized carbons (Fsp3) is 0.476. The fourth-order valence-corrected chi connectivity index (χ4v) is 4.97. The molecule has 0 amide bonds. The highest BCUT2D eigenvalue weighted by Crippen LogP contribution is 2.11. The van der Waals surface area contributed by atoms with Crippen LogP contribution in [-0.2, 0) is 28.7 Å². The first-order valence-corrected chi connectivity index (χ1v) is 12.4. The first-order valence-electron chi connectivity index (χ1n) is 9.88. The van der Waals surface area contributed by atoms with Crippen molar-refractivity contribution < 1.29 is 8.42 Å². The molecule has 0 fully saturated rings. The van der Waals surface area contributed by atoms with E-state index in [1.807, 2.05) is 45.2 Å². The van der Waals surface area contributed by atoms with E-state index in [2.05, 4.69) is 39.4 Å². The summed E-state index contributed by atoms with van der Waals surface area (Å²) < 4.78 is 26.7. The zero-order valence-corrected chi connectivity index (χ0v) is 22.1. The SMILES string of the molecule is CCNC(=NCc1ccc(CS(=O)(=O)NC(C)C)cc1)N(C)CCc1cccs1.I. The van der Waals surface area contributed by atoms with Crippen LogP contribution in [0.1, 0.15) is 36.8 Å². The van der Waals surface area contributed by atoms with Gasteiger partial charge in [0.05, 0.1) is 12.3 Å².